The third kappa shape index (κ3) is 3.91. The summed E-state index contributed by atoms with van der Waals surface area (Å²) in [6.45, 7) is 2.38. The lowest BCUT2D eigenvalue weighted by molar-refractivity contribution is -0.131. The topological polar surface area (TPSA) is 40.5 Å². The highest BCUT2D eigenvalue weighted by Gasteiger charge is 2.16. The number of nitrogens with zero attached hydrogens (tertiary/aromatic N) is 1. The second kappa shape index (κ2) is 6.50. The minimum Gasteiger partial charge on any atom is -0.387 e. The van der Waals surface area contributed by atoms with E-state index in [4.69, 9.17) is 0 Å². The van der Waals surface area contributed by atoms with Crippen LogP contribution in [-0.2, 0) is 11.3 Å². The van der Waals surface area contributed by atoms with Crippen LogP contribution in [0.5, 0.6) is 0 Å². The third-order valence-electron chi connectivity index (χ3n) is 2.98. The molecule has 1 aromatic heterocycles. The lowest BCUT2D eigenvalue weighted by atomic mass is 10.1. The second-order valence-electron chi connectivity index (χ2n) is 4.46. The summed E-state index contributed by atoms with van der Waals surface area (Å²) < 4.78 is 0. The number of thiophene rings is 1. The van der Waals surface area contributed by atoms with Crippen LogP contribution in [0.1, 0.15) is 24.2 Å². The fraction of sp³-hybridized carbons (Fsp3) is 0.267. The molecule has 4 heteroatoms. The van der Waals surface area contributed by atoms with Crippen molar-refractivity contribution in [3.63, 3.8) is 0 Å². The number of aliphatic hydroxyl groups is 1. The average Bonchev–Trinajstić information content (AvgIpc) is 2.93. The predicted octanol–water partition coefficient (Wildman–Crippen LogP) is 2.83. The molecule has 0 saturated heterocycles. The molecule has 19 heavy (non-hydrogen) atoms. The van der Waals surface area contributed by atoms with E-state index in [0.29, 0.717) is 13.1 Å². The van der Waals surface area contributed by atoms with Crippen LogP contribution in [0.2, 0.25) is 0 Å². The highest BCUT2D eigenvalue weighted by molar-refractivity contribution is 7.07. The van der Waals surface area contributed by atoms with Gasteiger partial charge in [0.15, 0.2) is 0 Å². The molecule has 100 valence electrons. The van der Waals surface area contributed by atoms with E-state index in [9.17, 15) is 9.90 Å². The van der Waals surface area contributed by atoms with Crippen molar-refractivity contribution in [2.45, 2.75) is 19.6 Å². The van der Waals surface area contributed by atoms with E-state index in [1.54, 1.807) is 16.2 Å². The zero-order chi connectivity index (χ0) is 13.7. The van der Waals surface area contributed by atoms with Gasteiger partial charge in [-0.05, 0) is 28.0 Å². The Hall–Kier alpha value is -1.65. The summed E-state index contributed by atoms with van der Waals surface area (Å²) in [6, 6.07) is 11.7. The molecule has 0 aliphatic rings. The first kappa shape index (κ1) is 13.8. The van der Waals surface area contributed by atoms with E-state index in [2.05, 4.69) is 0 Å². The zero-order valence-electron chi connectivity index (χ0n) is 10.8. The van der Waals surface area contributed by atoms with Crippen LogP contribution in [0.25, 0.3) is 0 Å². The standard InChI is InChI=1S/C15H17NO2S/c1-12(17)16(9-13-5-3-2-4-6-13)10-15(18)14-7-8-19-11-14/h2-8,11,15,18H,9-10H2,1H3/t15-/m0/s1. The van der Waals surface area contributed by atoms with E-state index in [1.807, 2.05) is 47.2 Å². The van der Waals surface area contributed by atoms with Gasteiger partial charge in [-0.1, -0.05) is 30.3 Å². The maximum atomic E-state index is 11.7. The molecule has 0 unspecified atom stereocenters. The van der Waals surface area contributed by atoms with Gasteiger partial charge in [-0.15, -0.1) is 0 Å². The van der Waals surface area contributed by atoms with E-state index >= 15 is 0 Å². The Morgan fingerprint density at radius 2 is 2.05 bits per heavy atom. The SMILES string of the molecule is CC(=O)N(Cc1ccccc1)C[C@H](O)c1ccsc1. The molecule has 1 atom stereocenters. The zero-order valence-corrected chi connectivity index (χ0v) is 11.6. The van der Waals surface area contributed by atoms with Gasteiger partial charge in [-0.3, -0.25) is 4.79 Å². The predicted molar refractivity (Wildman–Crippen MR) is 76.8 cm³/mol. The molecule has 3 nitrogen and oxygen atoms in total. The Bertz CT molecular complexity index is 510. The van der Waals surface area contributed by atoms with Crippen molar-refractivity contribution in [3.05, 3.63) is 58.3 Å². The lowest BCUT2D eigenvalue weighted by Gasteiger charge is -2.24. The van der Waals surface area contributed by atoms with Crippen molar-refractivity contribution in [2.75, 3.05) is 6.54 Å². The number of benzene rings is 1. The maximum absolute atomic E-state index is 11.7. The van der Waals surface area contributed by atoms with Crippen LogP contribution in [-0.4, -0.2) is 22.5 Å². The van der Waals surface area contributed by atoms with E-state index in [-0.39, 0.29) is 5.91 Å². The molecule has 1 N–H and O–H groups in total. The molecule has 0 radical (unpaired) electrons. The van der Waals surface area contributed by atoms with Crippen molar-refractivity contribution < 1.29 is 9.90 Å². The summed E-state index contributed by atoms with van der Waals surface area (Å²) in [4.78, 5) is 13.3. The van der Waals surface area contributed by atoms with Crippen molar-refractivity contribution >= 4 is 17.2 Å². The van der Waals surface area contributed by atoms with Gasteiger partial charge in [-0.2, -0.15) is 11.3 Å². The van der Waals surface area contributed by atoms with Crippen molar-refractivity contribution in [1.29, 1.82) is 0 Å². The number of amides is 1. The quantitative estimate of drug-likeness (QED) is 0.911. The Balaban J connectivity index is 2.03. The minimum atomic E-state index is -0.626. The van der Waals surface area contributed by atoms with Gasteiger partial charge >= 0.3 is 0 Å². The Kier molecular flexibility index (Phi) is 4.71. The van der Waals surface area contributed by atoms with E-state index < -0.39 is 6.10 Å². The molecule has 0 bridgehead atoms. The largest absolute Gasteiger partial charge is 0.387 e. The molecule has 0 saturated carbocycles. The Labute approximate surface area is 117 Å². The summed E-state index contributed by atoms with van der Waals surface area (Å²) in [5.74, 6) is -0.0295. The van der Waals surface area contributed by atoms with E-state index in [1.165, 1.54) is 6.92 Å². The van der Waals surface area contributed by atoms with Crippen molar-refractivity contribution in [1.82, 2.24) is 4.90 Å². The molecule has 1 heterocycles. The fourth-order valence-electron chi connectivity index (χ4n) is 1.89. The first-order valence-electron chi connectivity index (χ1n) is 6.16. The molecule has 1 aromatic carbocycles. The number of hydrogen-bond acceptors (Lipinski definition) is 3. The molecule has 1 amide bonds. The van der Waals surface area contributed by atoms with Crippen LogP contribution in [0.15, 0.2) is 47.2 Å². The van der Waals surface area contributed by atoms with Crippen molar-refractivity contribution in [3.8, 4) is 0 Å². The van der Waals surface area contributed by atoms with Crippen LogP contribution < -0.4 is 0 Å². The van der Waals surface area contributed by atoms with Gasteiger partial charge < -0.3 is 10.0 Å². The fourth-order valence-corrected chi connectivity index (χ4v) is 2.59. The first-order chi connectivity index (χ1) is 9.16. The molecule has 0 spiro atoms. The summed E-state index contributed by atoms with van der Waals surface area (Å²) >= 11 is 1.54. The van der Waals surface area contributed by atoms with Gasteiger partial charge in [0, 0.05) is 13.5 Å². The van der Waals surface area contributed by atoms with Gasteiger partial charge in [-0.25, -0.2) is 0 Å². The molecule has 0 aliphatic carbocycles. The van der Waals surface area contributed by atoms with Gasteiger partial charge in [0.2, 0.25) is 5.91 Å². The summed E-state index contributed by atoms with van der Waals surface area (Å²) in [6.07, 6.45) is -0.626. The number of carbonyl (C=O) groups is 1. The average molecular weight is 275 g/mol. The van der Waals surface area contributed by atoms with Crippen LogP contribution in [0, 0.1) is 0 Å². The Morgan fingerprint density at radius 3 is 2.63 bits per heavy atom. The van der Waals surface area contributed by atoms with Gasteiger partial charge in [0.1, 0.15) is 0 Å². The van der Waals surface area contributed by atoms with Crippen molar-refractivity contribution in [2.24, 2.45) is 0 Å². The number of carbonyl (C=O) groups excluding carboxylic acids is 1. The number of aliphatic hydroxyl groups excluding tert-OH is 1. The molecule has 0 fully saturated rings. The highest BCUT2D eigenvalue weighted by atomic mass is 32.1. The molecular formula is C15H17NO2S. The number of rotatable bonds is 5. The van der Waals surface area contributed by atoms with Gasteiger partial charge in [0.05, 0.1) is 12.6 Å². The smallest absolute Gasteiger partial charge is 0.219 e. The summed E-state index contributed by atoms with van der Waals surface area (Å²) in [7, 11) is 0. The molecule has 2 rings (SSSR count). The second-order valence-corrected chi connectivity index (χ2v) is 5.24. The van der Waals surface area contributed by atoms with Crippen LogP contribution >= 0.6 is 11.3 Å². The molecule has 0 aliphatic heterocycles. The first-order valence-corrected chi connectivity index (χ1v) is 7.10. The molecule has 2 aromatic rings. The van der Waals surface area contributed by atoms with Crippen LogP contribution in [0.4, 0.5) is 0 Å². The lowest BCUT2D eigenvalue weighted by Crippen LogP contribution is -2.32. The minimum absolute atomic E-state index is 0.0295. The Morgan fingerprint density at radius 1 is 1.32 bits per heavy atom. The third-order valence-corrected chi connectivity index (χ3v) is 3.68. The van der Waals surface area contributed by atoms with E-state index in [0.717, 1.165) is 11.1 Å². The summed E-state index contributed by atoms with van der Waals surface area (Å²) in [5, 5.41) is 14.0. The summed E-state index contributed by atoms with van der Waals surface area (Å²) in [5.41, 5.74) is 1.93. The highest BCUT2D eigenvalue weighted by Crippen LogP contribution is 2.18. The normalized spacial score (nSPS) is 12.1. The maximum Gasteiger partial charge on any atom is 0.219 e. The monoisotopic (exact) mass is 275 g/mol. The van der Waals surface area contributed by atoms with Crippen LogP contribution in [0.3, 0.4) is 0 Å². The molecular weight excluding hydrogens is 258 g/mol. The van der Waals surface area contributed by atoms with Gasteiger partial charge in [0.25, 0.3) is 0 Å². The number of hydrogen-bond donors (Lipinski definition) is 1.